The van der Waals surface area contributed by atoms with Gasteiger partial charge in [-0.05, 0) is 34.4 Å². The molecule has 0 saturated carbocycles. The molecule has 4 aromatic rings. The fourth-order valence-corrected chi connectivity index (χ4v) is 6.06. The Kier molecular flexibility index (Phi) is 5.56. The molecule has 0 spiro atoms. The van der Waals surface area contributed by atoms with Crippen LogP contribution in [0.4, 0.5) is 0 Å². The van der Waals surface area contributed by atoms with Gasteiger partial charge in [-0.15, -0.1) is 0 Å². The van der Waals surface area contributed by atoms with Crippen molar-refractivity contribution in [3.05, 3.63) is 83.6 Å². The molecule has 2 aliphatic rings. The Hall–Kier alpha value is -3.60. The monoisotopic (exact) mass is 465 g/mol. The van der Waals surface area contributed by atoms with Crippen LogP contribution < -0.4 is 0 Å². The van der Waals surface area contributed by atoms with E-state index in [4.69, 9.17) is 0 Å². The van der Waals surface area contributed by atoms with Crippen LogP contribution in [-0.2, 0) is 16.0 Å². The molecule has 0 radical (unpaired) electrons. The third-order valence-corrected chi connectivity index (χ3v) is 7.74. The summed E-state index contributed by atoms with van der Waals surface area (Å²) in [4.78, 5) is 34.9. The largest absolute Gasteiger partial charge is 0.356 e. The number of nitrogens with zero attached hydrogens (tertiary/aromatic N) is 2. The molecular formula is C30H31N3O2. The minimum atomic E-state index is -0.474. The second kappa shape index (κ2) is 8.88. The van der Waals surface area contributed by atoms with Gasteiger partial charge in [0.25, 0.3) is 0 Å². The number of carbonyl (C=O) groups excluding carboxylic acids is 2. The summed E-state index contributed by atoms with van der Waals surface area (Å²) in [5.74, 6) is 0.120. The van der Waals surface area contributed by atoms with E-state index >= 15 is 0 Å². The predicted molar refractivity (Wildman–Crippen MR) is 139 cm³/mol. The van der Waals surface area contributed by atoms with Crippen LogP contribution in [0.1, 0.15) is 55.5 Å². The fraction of sp³-hybridized carbons (Fsp3) is 0.333. The van der Waals surface area contributed by atoms with Gasteiger partial charge < -0.3 is 14.8 Å². The lowest BCUT2D eigenvalue weighted by molar-refractivity contribution is -0.158. The van der Waals surface area contributed by atoms with Gasteiger partial charge in [0.15, 0.2) is 0 Å². The summed E-state index contributed by atoms with van der Waals surface area (Å²) in [5, 5.41) is 3.40. The number of para-hydroxylation sites is 1. The number of hydrogen-bond acceptors (Lipinski definition) is 2. The van der Waals surface area contributed by atoms with Gasteiger partial charge in [-0.1, -0.05) is 86.8 Å². The molecular weight excluding hydrogens is 434 g/mol. The van der Waals surface area contributed by atoms with E-state index in [0.717, 1.165) is 64.2 Å². The van der Waals surface area contributed by atoms with Crippen molar-refractivity contribution in [3.8, 4) is 0 Å². The van der Waals surface area contributed by atoms with Gasteiger partial charge >= 0.3 is 0 Å². The van der Waals surface area contributed by atoms with Crippen LogP contribution in [0.15, 0.2) is 66.7 Å². The summed E-state index contributed by atoms with van der Waals surface area (Å²) >= 11 is 0. The molecule has 1 aromatic heterocycles. The Balaban J connectivity index is 1.48. The number of amides is 2. The summed E-state index contributed by atoms with van der Waals surface area (Å²) < 4.78 is 0. The first kappa shape index (κ1) is 21.9. The van der Waals surface area contributed by atoms with E-state index < -0.39 is 6.04 Å². The smallest absolute Gasteiger partial charge is 0.246 e. The molecule has 0 bridgehead atoms. The molecule has 3 heterocycles. The Morgan fingerprint density at radius 1 is 0.886 bits per heavy atom. The highest BCUT2D eigenvalue weighted by Crippen LogP contribution is 2.44. The zero-order valence-corrected chi connectivity index (χ0v) is 20.2. The van der Waals surface area contributed by atoms with Crippen LogP contribution in [0.25, 0.3) is 21.7 Å². The summed E-state index contributed by atoms with van der Waals surface area (Å²) in [6.45, 7) is 3.01. The van der Waals surface area contributed by atoms with Crippen molar-refractivity contribution in [2.45, 2.75) is 51.1 Å². The first-order valence-electron chi connectivity index (χ1n) is 12.8. The maximum absolute atomic E-state index is 13.8. The van der Waals surface area contributed by atoms with Crippen molar-refractivity contribution in [2.24, 2.45) is 0 Å². The number of hydrogen-bond donors (Lipinski definition) is 1. The summed E-state index contributed by atoms with van der Waals surface area (Å²) in [5.41, 5.74) is 4.32. The van der Waals surface area contributed by atoms with Gasteiger partial charge in [0.2, 0.25) is 11.8 Å². The van der Waals surface area contributed by atoms with Crippen LogP contribution in [0.3, 0.4) is 0 Å². The van der Waals surface area contributed by atoms with Gasteiger partial charge in [0, 0.05) is 29.6 Å². The zero-order chi connectivity index (χ0) is 23.9. The molecule has 0 aliphatic carbocycles. The van der Waals surface area contributed by atoms with Crippen molar-refractivity contribution in [1.82, 2.24) is 14.8 Å². The topological polar surface area (TPSA) is 56.4 Å². The van der Waals surface area contributed by atoms with Crippen molar-refractivity contribution >= 4 is 33.5 Å². The lowest BCUT2D eigenvalue weighted by Crippen LogP contribution is -2.63. The van der Waals surface area contributed by atoms with Crippen LogP contribution in [0, 0.1) is 0 Å². The van der Waals surface area contributed by atoms with Crippen molar-refractivity contribution in [1.29, 1.82) is 0 Å². The number of aromatic nitrogens is 1. The maximum Gasteiger partial charge on any atom is 0.246 e. The molecule has 2 aliphatic heterocycles. The quantitative estimate of drug-likeness (QED) is 0.378. The number of rotatable bonds is 6. The number of aromatic amines is 1. The molecule has 0 unspecified atom stereocenters. The average Bonchev–Trinajstić information content (AvgIpc) is 3.26. The normalized spacial score (nSPS) is 19.9. The number of unbranched alkanes of at least 4 members (excludes halogenated alkanes) is 3. The Morgan fingerprint density at radius 2 is 1.66 bits per heavy atom. The van der Waals surface area contributed by atoms with Crippen LogP contribution in [0.5, 0.6) is 0 Å². The number of piperazine rings is 1. The van der Waals surface area contributed by atoms with Gasteiger partial charge in [0.1, 0.15) is 6.04 Å². The molecule has 178 valence electrons. The molecule has 5 nitrogen and oxygen atoms in total. The average molecular weight is 466 g/mol. The van der Waals surface area contributed by atoms with E-state index in [1.54, 1.807) is 4.90 Å². The Labute approximate surface area is 205 Å². The molecule has 5 heteroatoms. The predicted octanol–water partition coefficient (Wildman–Crippen LogP) is 5.59. The second-order valence-corrected chi connectivity index (χ2v) is 9.88. The molecule has 2 atom stereocenters. The van der Waals surface area contributed by atoms with E-state index in [0.29, 0.717) is 13.0 Å². The first-order chi connectivity index (χ1) is 17.2. The number of benzene rings is 3. The van der Waals surface area contributed by atoms with Gasteiger partial charge in [-0.2, -0.15) is 0 Å². The van der Waals surface area contributed by atoms with Crippen molar-refractivity contribution in [3.63, 3.8) is 0 Å². The third-order valence-electron chi connectivity index (χ3n) is 7.74. The molecule has 1 fully saturated rings. The Bertz CT molecular complexity index is 1420. The maximum atomic E-state index is 13.8. The fourth-order valence-electron chi connectivity index (χ4n) is 6.06. The van der Waals surface area contributed by atoms with E-state index in [9.17, 15) is 9.59 Å². The Morgan fingerprint density at radius 3 is 2.51 bits per heavy atom. The molecule has 3 aromatic carbocycles. The lowest BCUT2D eigenvalue weighted by Gasteiger charge is -2.47. The second-order valence-electron chi connectivity index (χ2n) is 9.88. The van der Waals surface area contributed by atoms with E-state index in [2.05, 4.69) is 54.4 Å². The first-order valence-corrected chi connectivity index (χ1v) is 12.8. The van der Waals surface area contributed by atoms with Gasteiger partial charge in [0.05, 0.1) is 12.6 Å². The van der Waals surface area contributed by atoms with Crippen LogP contribution in [-0.4, -0.2) is 45.7 Å². The van der Waals surface area contributed by atoms with Crippen LogP contribution in [0.2, 0.25) is 0 Å². The summed E-state index contributed by atoms with van der Waals surface area (Å²) in [6, 6.07) is 22.1. The summed E-state index contributed by atoms with van der Waals surface area (Å²) in [7, 11) is 0. The lowest BCUT2D eigenvalue weighted by atomic mass is 9.84. The number of nitrogens with one attached hydrogen (secondary N) is 1. The van der Waals surface area contributed by atoms with E-state index in [1.807, 2.05) is 29.2 Å². The highest BCUT2D eigenvalue weighted by atomic mass is 16.2. The van der Waals surface area contributed by atoms with E-state index in [1.165, 1.54) is 0 Å². The molecule has 1 saturated heterocycles. The summed E-state index contributed by atoms with van der Waals surface area (Å²) in [6.07, 6.45) is 4.90. The molecule has 6 rings (SSSR count). The molecule has 35 heavy (non-hydrogen) atoms. The minimum absolute atomic E-state index is 0.0346. The number of H-pyrrole nitrogens is 1. The number of carbonyl (C=O) groups is 2. The van der Waals surface area contributed by atoms with Gasteiger partial charge in [-0.25, -0.2) is 0 Å². The van der Waals surface area contributed by atoms with Gasteiger partial charge in [-0.3, -0.25) is 9.59 Å². The SMILES string of the molecule is CCCCCCN1CC(=O)N2[C@@H](c3cccc4ccccc34)c3[nH]c4ccccc4c3C[C@H]2C1=O. The minimum Gasteiger partial charge on any atom is -0.356 e. The van der Waals surface area contributed by atoms with Crippen LogP contribution >= 0.6 is 0 Å². The standard InChI is InChI=1S/C30H31N3O2/c1-2-3-4-9-17-32-19-27(34)33-26(30(32)35)18-24-22-14-7-8-16-25(22)31-28(24)29(33)23-15-10-12-20-11-5-6-13-21(20)23/h5-8,10-16,26,29,31H,2-4,9,17-19H2,1H3/t26-,29-/m0/s1. The number of fused-ring (bicyclic) bond motifs is 5. The zero-order valence-electron chi connectivity index (χ0n) is 20.2. The molecule has 1 N–H and O–H groups in total. The highest BCUT2D eigenvalue weighted by molar-refractivity contribution is 5.98. The van der Waals surface area contributed by atoms with Crippen molar-refractivity contribution in [2.75, 3.05) is 13.1 Å². The molecule has 2 amide bonds. The highest BCUT2D eigenvalue weighted by Gasteiger charge is 2.48. The van der Waals surface area contributed by atoms with Crippen molar-refractivity contribution < 1.29 is 9.59 Å². The van der Waals surface area contributed by atoms with E-state index in [-0.39, 0.29) is 24.4 Å². The third kappa shape index (κ3) is 3.61.